The lowest BCUT2D eigenvalue weighted by Gasteiger charge is -2.22. The molecule has 0 aliphatic carbocycles. The number of esters is 1. The minimum atomic E-state index is -4.59. The van der Waals surface area contributed by atoms with Gasteiger partial charge in [-0.05, 0) is 18.6 Å². The maximum Gasteiger partial charge on any atom is 0.326 e. The van der Waals surface area contributed by atoms with Gasteiger partial charge < -0.3 is 4.74 Å². The van der Waals surface area contributed by atoms with Crippen molar-refractivity contribution in [2.45, 2.75) is 23.2 Å². The number of benzene rings is 2. The molecule has 2 aromatic carbocycles. The molecule has 2 rings (SSSR count). The van der Waals surface area contributed by atoms with Crippen molar-refractivity contribution < 1.29 is 27.8 Å². The highest BCUT2D eigenvalue weighted by atomic mass is 35.5. The summed E-state index contributed by atoms with van der Waals surface area (Å²) in [6.07, 6.45) is 0. The number of carbonyl (C=O) groups excluding carboxylic acids is 1. The topological polar surface area (TPSA) is 159 Å². The van der Waals surface area contributed by atoms with Gasteiger partial charge in [0.15, 0.2) is 4.90 Å². The molecule has 2 aromatic rings. The summed E-state index contributed by atoms with van der Waals surface area (Å²) in [6, 6.07) is 7.82. The fourth-order valence-corrected chi connectivity index (χ4v) is 4.27. The molecule has 0 aliphatic heterocycles. The molecular formula is C17H16ClN3O8S. The molecule has 0 bridgehead atoms. The molecule has 30 heavy (non-hydrogen) atoms. The molecule has 13 heteroatoms. The molecule has 0 fully saturated rings. The molecule has 0 unspecified atom stereocenters. The molecule has 2 atom stereocenters. The van der Waals surface area contributed by atoms with Gasteiger partial charge in [0.05, 0.1) is 21.8 Å². The van der Waals surface area contributed by atoms with Crippen LogP contribution in [0.25, 0.3) is 0 Å². The number of ether oxygens (including phenoxy) is 1. The van der Waals surface area contributed by atoms with Gasteiger partial charge in [0, 0.05) is 18.2 Å². The average Bonchev–Trinajstić information content (AvgIpc) is 2.71. The van der Waals surface area contributed by atoms with Gasteiger partial charge in [0.2, 0.25) is 10.0 Å². The Labute approximate surface area is 176 Å². The molecule has 1 N–H and O–H groups in total. The third kappa shape index (κ3) is 5.28. The van der Waals surface area contributed by atoms with Crippen LogP contribution in [-0.4, -0.2) is 36.9 Å². The van der Waals surface area contributed by atoms with E-state index >= 15 is 0 Å². The molecule has 160 valence electrons. The molecule has 0 aliphatic rings. The molecule has 0 saturated heterocycles. The minimum Gasteiger partial charge on any atom is -0.465 e. The lowest BCUT2D eigenvalue weighted by molar-refractivity contribution is -0.387. The summed E-state index contributed by atoms with van der Waals surface area (Å²) in [5.74, 6) is -1.05. The Balaban J connectivity index is 2.48. The fourth-order valence-electron chi connectivity index (χ4n) is 2.53. The van der Waals surface area contributed by atoms with E-state index in [9.17, 15) is 33.4 Å². The molecule has 0 spiro atoms. The zero-order valence-corrected chi connectivity index (χ0v) is 17.0. The number of nitro groups is 2. The van der Waals surface area contributed by atoms with Crippen LogP contribution < -0.4 is 4.72 Å². The number of sulfonamides is 1. The van der Waals surface area contributed by atoms with Crippen LogP contribution in [0.15, 0.2) is 53.4 Å². The first-order valence-corrected chi connectivity index (χ1v) is 10.3. The maximum atomic E-state index is 12.8. The summed E-state index contributed by atoms with van der Waals surface area (Å²) in [5, 5.41) is 20.8. The Bertz CT molecular complexity index is 1080. The number of halogens is 1. The van der Waals surface area contributed by atoms with Crippen LogP contribution in [0.4, 0.5) is 11.4 Å². The standard InChI is InChI=1S/C17H16ClN3O8S/c1-2-29-17(22)16(15(18)11-6-5-7-12(10-11)20(23)24)19-30(27,28)14-9-4-3-8-13(14)21(25)26/h3-10,15-16,19H,2H2,1H3/t15-,16-/m1/s1. The van der Waals surface area contributed by atoms with Crippen molar-refractivity contribution in [2.75, 3.05) is 6.61 Å². The van der Waals surface area contributed by atoms with Crippen molar-refractivity contribution in [3.05, 3.63) is 74.3 Å². The van der Waals surface area contributed by atoms with Gasteiger partial charge in [-0.1, -0.05) is 24.3 Å². The summed E-state index contributed by atoms with van der Waals surface area (Å²) < 4.78 is 32.5. The second-order valence-corrected chi connectivity index (χ2v) is 7.98. The van der Waals surface area contributed by atoms with Crippen LogP contribution in [0, 0.1) is 20.2 Å². The first kappa shape index (κ1) is 23.2. The predicted octanol–water partition coefficient (Wildman–Crippen LogP) is 2.69. The van der Waals surface area contributed by atoms with E-state index in [1.807, 2.05) is 4.72 Å². The Morgan fingerprint density at radius 3 is 2.40 bits per heavy atom. The first-order chi connectivity index (χ1) is 14.1. The monoisotopic (exact) mass is 457 g/mol. The number of para-hydroxylation sites is 1. The molecule has 0 radical (unpaired) electrons. The van der Waals surface area contributed by atoms with E-state index in [1.165, 1.54) is 37.3 Å². The van der Waals surface area contributed by atoms with Crippen molar-refractivity contribution in [1.29, 1.82) is 0 Å². The molecule has 11 nitrogen and oxygen atoms in total. The minimum absolute atomic E-state index is 0.0779. The second-order valence-electron chi connectivity index (χ2n) is 5.83. The van der Waals surface area contributed by atoms with Crippen LogP contribution in [0.2, 0.25) is 0 Å². The van der Waals surface area contributed by atoms with Gasteiger partial charge in [-0.3, -0.25) is 25.0 Å². The summed E-state index contributed by atoms with van der Waals surface area (Å²) in [6.45, 7) is 1.39. The first-order valence-electron chi connectivity index (χ1n) is 8.39. The van der Waals surface area contributed by atoms with Crippen molar-refractivity contribution in [3.63, 3.8) is 0 Å². The van der Waals surface area contributed by atoms with Crippen molar-refractivity contribution in [3.8, 4) is 0 Å². The molecule has 0 amide bonds. The van der Waals surface area contributed by atoms with Crippen LogP contribution >= 0.6 is 11.6 Å². The Morgan fingerprint density at radius 2 is 1.80 bits per heavy atom. The number of hydrogen-bond donors (Lipinski definition) is 1. The van der Waals surface area contributed by atoms with Gasteiger partial charge in [-0.25, -0.2) is 8.42 Å². The lowest BCUT2D eigenvalue weighted by atomic mass is 10.1. The number of alkyl halides is 1. The van der Waals surface area contributed by atoms with E-state index in [2.05, 4.69) is 0 Å². The van der Waals surface area contributed by atoms with Crippen molar-refractivity contribution in [2.24, 2.45) is 0 Å². The Kier molecular flexibility index (Phi) is 7.43. The molecular weight excluding hydrogens is 442 g/mol. The number of rotatable bonds is 9. The van der Waals surface area contributed by atoms with Gasteiger partial charge in [-0.2, -0.15) is 4.72 Å². The number of nitro benzene ring substituents is 2. The largest absolute Gasteiger partial charge is 0.465 e. The van der Waals surface area contributed by atoms with Crippen molar-refractivity contribution in [1.82, 2.24) is 4.72 Å². The van der Waals surface area contributed by atoms with E-state index < -0.39 is 47.8 Å². The van der Waals surface area contributed by atoms with Gasteiger partial charge in [-0.15, -0.1) is 11.6 Å². The molecule has 0 saturated carbocycles. The predicted molar refractivity (Wildman–Crippen MR) is 106 cm³/mol. The number of carbonyl (C=O) groups is 1. The third-order valence-corrected chi connectivity index (χ3v) is 5.86. The smallest absolute Gasteiger partial charge is 0.326 e. The highest BCUT2D eigenvalue weighted by Crippen LogP contribution is 2.30. The highest BCUT2D eigenvalue weighted by Gasteiger charge is 2.36. The fraction of sp³-hybridized carbons (Fsp3) is 0.235. The highest BCUT2D eigenvalue weighted by molar-refractivity contribution is 7.89. The quantitative estimate of drug-likeness (QED) is 0.260. The molecule has 0 aromatic heterocycles. The molecule has 0 heterocycles. The Morgan fingerprint density at radius 1 is 1.13 bits per heavy atom. The summed E-state index contributed by atoms with van der Waals surface area (Å²) in [7, 11) is -4.59. The summed E-state index contributed by atoms with van der Waals surface area (Å²) >= 11 is 6.29. The van der Waals surface area contributed by atoms with E-state index in [4.69, 9.17) is 16.3 Å². The normalized spacial score (nSPS) is 13.3. The van der Waals surface area contributed by atoms with E-state index in [0.717, 1.165) is 18.2 Å². The van der Waals surface area contributed by atoms with Crippen LogP contribution in [-0.2, 0) is 19.6 Å². The van der Waals surface area contributed by atoms with E-state index in [-0.39, 0.29) is 17.9 Å². The second kappa shape index (κ2) is 9.61. The third-order valence-electron chi connectivity index (χ3n) is 3.87. The maximum absolute atomic E-state index is 12.8. The summed E-state index contributed by atoms with van der Waals surface area (Å²) in [4.78, 5) is 32.3. The van der Waals surface area contributed by atoms with Gasteiger partial charge in [0.1, 0.15) is 6.04 Å². The summed E-state index contributed by atoms with van der Waals surface area (Å²) in [5.41, 5.74) is -0.939. The zero-order valence-electron chi connectivity index (χ0n) is 15.4. The number of non-ortho nitro benzene ring substituents is 1. The Hall–Kier alpha value is -3.09. The lowest BCUT2D eigenvalue weighted by Crippen LogP contribution is -2.44. The van der Waals surface area contributed by atoms with E-state index in [0.29, 0.717) is 0 Å². The number of nitrogens with one attached hydrogen (secondary N) is 1. The number of hydrogen-bond acceptors (Lipinski definition) is 8. The van der Waals surface area contributed by atoms with Gasteiger partial charge >= 0.3 is 5.97 Å². The number of nitrogens with zero attached hydrogens (tertiary/aromatic N) is 2. The average molecular weight is 458 g/mol. The van der Waals surface area contributed by atoms with Crippen LogP contribution in [0.5, 0.6) is 0 Å². The van der Waals surface area contributed by atoms with Crippen LogP contribution in [0.3, 0.4) is 0 Å². The van der Waals surface area contributed by atoms with Gasteiger partial charge in [0.25, 0.3) is 11.4 Å². The zero-order chi connectivity index (χ0) is 22.5. The SMILES string of the molecule is CCOC(=O)[C@H](NS(=O)(=O)c1ccccc1[N+](=O)[O-])[C@H](Cl)c1cccc([N+](=O)[O-])c1. The van der Waals surface area contributed by atoms with E-state index in [1.54, 1.807) is 0 Å². The van der Waals surface area contributed by atoms with Crippen molar-refractivity contribution >= 4 is 39.0 Å². The van der Waals surface area contributed by atoms with Crippen LogP contribution in [0.1, 0.15) is 17.9 Å².